The van der Waals surface area contributed by atoms with Gasteiger partial charge in [-0.3, -0.25) is 4.79 Å². The number of halogens is 1. The number of nitrogens with zero attached hydrogens (tertiary/aromatic N) is 3. The molecule has 1 amide bonds. The van der Waals surface area contributed by atoms with Gasteiger partial charge >= 0.3 is 0 Å². The standard InChI is InChI=1S/C19H18FN3O3/c20-15-7-5-13(6-8-15)11-17-21-22-18(26-17)14-3-1-9-23(12-14)19(24)16-4-2-10-25-16/h2,4-8,10,14H,1,3,9,11-12H2. The van der Waals surface area contributed by atoms with Crippen LogP contribution in [0.4, 0.5) is 4.39 Å². The Morgan fingerprint density at radius 2 is 2.08 bits per heavy atom. The van der Waals surface area contributed by atoms with Crippen molar-refractivity contribution in [3.8, 4) is 0 Å². The largest absolute Gasteiger partial charge is 0.459 e. The fourth-order valence-corrected chi connectivity index (χ4v) is 3.20. The van der Waals surface area contributed by atoms with E-state index >= 15 is 0 Å². The number of benzene rings is 1. The molecule has 0 spiro atoms. The number of likely N-dealkylation sites (tertiary alicyclic amines) is 1. The maximum atomic E-state index is 13.0. The lowest BCUT2D eigenvalue weighted by Crippen LogP contribution is -2.39. The predicted molar refractivity (Wildman–Crippen MR) is 90.1 cm³/mol. The lowest BCUT2D eigenvalue weighted by Gasteiger charge is -2.30. The molecule has 1 atom stereocenters. The third-order valence-corrected chi connectivity index (χ3v) is 4.54. The molecule has 1 aromatic carbocycles. The number of piperidine rings is 1. The van der Waals surface area contributed by atoms with Gasteiger partial charge in [0.25, 0.3) is 5.91 Å². The van der Waals surface area contributed by atoms with Gasteiger partial charge in [-0.1, -0.05) is 12.1 Å². The van der Waals surface area contributed by atoms with E-state index in [0.717, 1.165) is 18.4 Å². The van der Waals surface area contributed by atoms with Crippen molar-refractivity contribution in [1.82, 2.24) is 15.1 Å². The maximum absolute atomic E-state index is 13.0. The first kappa shape index (κ1) is 16.5. The lowest BCUT2D eigenvalue weighted by molar-refractivity contribution is 0.0665. The van der Waals surface area contributed by atoms with Gasteiger partial charge in [-0.2, -0.15) is 0 Å². The van der Waals surface area contributed by atoms with E-state index in [9.17, 15) is 9.18 Å². The number of hydrogen-bond acceptors (Lipinski definition) is 5. The highest BCUT2D eigenvalue weighted by Crippen LogP contribution is 2.27. The van der Waals surface area contributed by atoms with Gasteiger partial charge in [-0.25, -0.2) is 4.39 Å². The van der Waals surface area contributed by atoms with E-state index in [1.54, 1.807) is 29.2 Å². The molecule has 0 saturated carbocycles. The van der Waals surface area contributed by atoms with Crippen molar-refractivity contribution in [1.29, 1.82) is 0 Å². The smallest absolute Gasteiger partial charge is 0.289 e. The van der Waals surface area contributed by atoms with Crippen LogP contribution in [0, 0.1) is 5.82 Å². The summed E-state index contributed by atoms with van der Waals surface area (Å²) in [4.78, 5) is 14.2. The third kappa shape index (κ3) is 3.51. The van der Waals surface area contributed by atoms with Gasteiger partial charge in [0.1, 0.15) is 5.82 Å². The molecule has 6 nitrogen and oxygen atoms in total. The number of aromatic nitrogens is 2. The lowest BCUT2D eigenvalue weighted by atomic mass is 9.98. The van der Waals surface area contributed by atoms with Crippen molar-refractivity contribution in [3.63, 3.8) is 0 Å². The summed E-state index contributed by atoms with van der Waals surface area (Å²) >= 11 is 0. The summed E-state index contributed by atoms with van der Waals surface area (Å²) in [6.07, 6.45) is 3.70. The SMILES string of the molecule is O=C(c1ccco1)N1CCCC(c2nnc(Cc3ccc(F)cc3)o2)C1. The van der Waals surface area contributed by atoms with Crippen molar-refractivity contribution >= 4 is 5.91 Å². The Morgan fingerprint density at radius 3 is 2.85 bits per heavy atom. The zero-order valence-electron chi connectivity index (χ0n) is 14.1. The predicted octanol–water partition coefficient (Wildman–Crippen LogP) is 3.41. The molecule has 1 aliphatic heterocycles. The first-order valence-electron chi connectivity index (χ1n) is 8.58. The third-order valence-electron chi connectivity index (χ3n) is 4.54. The van der Waals surface area contributed by atoms with Gasteiger partial charge in [0.15, 0.2) is 5.76 Å². The van der Waals surface area contributed by atoms with E-state index in [1.165, 1.54) is 18.4 Å². The Hall–Kier alpha value is -2.96. The topological polar surface area (TPSA) is 72.4 Å². The van der Waals surface area contributed by atoms with Gasteiger partial charge in [0, 0.05) is 13.1 Å². The Morgan fingerprint density at radius 1 is 1.23 bits per heavy atom. The Balaban J connectivity index is 1.43. The zero-order chi connectivity index (χ0) is 17.9. The van der Waals surface area contributed by atoms with Gasteiger partial charge in [-0.15, -0.1) is 10.2 Å². The molecule has 0 N–H and O–H groups in total. The highest BCUT2D eigenvalue weighted by Gasteiger charge is 2.29. The molecule has 0 radical (unpaired) electrons. The van der Waals surface area contributed by atoms with Crippen molar-refractivity contribution < 1.29 is 18.0 Å². The molecular weight excluding hydrogens is 337 g/mol. The number of carbonyl (C=O) groups is 1. The van der Waals surface area contributed by atoms with Crippen LogP contribution >= 0.6 is 0 Å². The van der Waals surface area contributed by atoms with Crippen molar-refractivity contribution in [3.05, 3.63) is 71.6 Å². The second-order valence-electron chi connectivity index (χ2n) is 6.40. The van der Waals surface area contributed by atoms with Crippen LogP contribution in [0.5, 0.6) is 0 Å². The normalized spacial score (nSPS) is 17.4. The molecular formula is C19H18FN3O3. The molecule has 134 valence electrons. The summed E-state index contributed by atoms with van der Waals surface area (Å²) in [6, 6.07) is 9.58. The van der Waals surface area contributed by atoms with E-state index in [1.807, 2.05) is 0 Å². The summed E-state index contributed by atoms with van der Waals surface area (Å²) in [7, 11) is 0. The van der Waals surface area contributed by atoms with Crippen LogP contribution in [0.1, 0.15) is 46.7 Å². The Labute approximate surface area is 149 Å². The molecule has 4 rings (SSSR count). The summed E-state index contributed by atoms with van der Waals surface area (Å²) in [5, 5.41) is 8.25. The molecule has 1 unspecified atom stereocenters. The molecule has 0 aliphatic carbocycles. The van der Waals surface area contributed by atoms with Crippen LogP contribution in [0.25, 0.3) is 0 Å². The van der Waals surface area contributed by atoms with Crippen LogP contribution in [-0.4, -0.2) is 34.1 Å². The maximum Gasteiger partial charge on any atom is 0.289 e. The van der Waals surface area contributed by atoms with Crippen LogP contribution in [-0.2, 0) is 6.42 Å². The minimum absolute atomic E-state index is 0.0112. The van der Waals surface area contributed by atoms with Crippen LogP contribution in [0.15, 0.2) is 51.5 Å². The van der Waals surface area contributed by atoms with Crippen LogP contribution in [0.3, 0.4) is 0 Å². The first-order valence-corrected chi connectivity index (χ1v) is 8.58. The van der Waals surface area contributed by atoms with Gasteiger partial charge in [-0.05, 0) is 42.7 Å². The van der Waals surface area contributed by atoms with Crippen LogP contribution in [0.2, 0.25) is 0 Å². The molecule has 3 aromatic rings. The van der Waals surface area contributed by atoms with E-state index in [2.05, 4.69) is 10.2 Å². The summed E-state index contributed by atoms with van der Waals surface area (Å²) < 4.78 is 24.0. The monoisotopic (exact) mass is 355 g/mol. The van der Waals surface area contributed by atoms with E-state index < -0.39 is 0 Å². The summed E-state index contributed by atoms with van der Waals surface area (Å²) in [5.41, 5.74) is 0.903. The molecule has 7 heteroatoms. The molecule has 1 fully saturated rings. The fraction of sp³-hybridized carbons (Fsp3) is 0.316. The second kappa shape index (κ2) is 7.11. The Kier molecular flexibility index (Phi) is 4.51. The number of furan rings is 1. The minimum atomic E-state index is -0.275. The highest BCUT2D eigenvalue weighted by atomic mass is 19.1. The second-order valence-corrected chi connectivity index (χ2v) is 6.40. The number of amides is 1. The number of rotatable bonds is 4. The summed E-state index contributed by atoms with van der Waals surface area (Å²) in [5.74, 6) is 0.986. The number of hydrogen-bond donors (Lipinski definition) is 0. The fourth-order valence-electron chi connectivity index (χ4n) is 3.20. The Bertz CT molecular complexity index is 874. The number of carbonyl (C=O) groups excluding carboxylic acids is 1. The molecule has 1 aliphatic rings. The van der Waals surface area contributed by atoms with E-state index in [-0.39, 0.29) is 17.6 Å². The van der Waals surface area contributed by atoms with Crippen molar-refractivity contribution in [2.45, 2.75) is 25.2 Å². The zero-order valence-corrected chi connectivity index (χ0v) is 14.1. The molecule has 2 aromatic heterocycles. The van der Waals surface area contributed by atoms with Crippen molar-refractivity contribution in [2.75, 3.05) is 13.1 Å². The van der Waals surface area contributed by atoms with Gasteiger partial charge in [0.2, 0.25) is 11.8 Å². The molecule has 0 bridgehead atoms. The van der Waals surface area contributed by atoms with E-state index in [4.69, 9.17) is 8.83 Å². The average Bonchev–Trinajstić information content (AvgIpc) is 3.35. The highest BCUT2D eigenvalue weighted by molar-refractivity contribution is 5.91. The van der Waals surface area contributed by atoms with Gasteiger partial charge < -0.3 is 13.7 Å². The van der Waals surface area contributed by atoms with Crippen molar-refractivity contribution in [2.24, 2.45) is 0 Å². The van der Waals surface area contributed by atoms with Crippen LogP contribution < -0.4 is 0 Å². The molecule has 26 heavy (non-hydrogen) atoms. The summed E-state index contributed by atoms with van der Waals surface area (Å²) in [6.45, 7) is 1.21. The van der Waals surface area contributed by atoms with Gasteiger partial charge in [0.05, 0.1) is 18.6 Å². The molecule has 1 saturated heterocycles. The average molecular weight is 355 g/mol. The quantitative estimate of drug-likeness (QED) is 0.717. The van der Waals surface area contributed by atoms with E-state index in [0.29, 0.717) is 37.1 Å². The first-order chi connectivity index (χ1) is 12.7. The minimum Gasteiger partial charge on any atom is -0.459 e. The molecule has 3 heterocycles.